The van der Waals surface area contributed by atoms with Gasteiger partial charge >= 0.3 is 7.12 Å². The fraction of sp³-hybridized carbons (Fsp3) is 0.538. The highest BCUT2D eigenvalue weighted by molar-refractivity contribution is 6.62. The van der Waals surface area contributed by atoms with Gasteiger partial charge in [0.1, 0.15) is 5.82 Å². The van der Waals surface area contributed by atoms with Crippen molar-refractivity contribution in [3.05, 3.63) is 29.5 Å². The highest BCUT2D eigenvalue weighted by Crippen LogP contribution is 2.36. The van der Waals surface area contributed by atoms with Gasteiger partial charge in [-0.05, 0) is 57.7 Å². The van der Waals surface area contributed by atoms with Gasteiger partial charge in [0.2, 0.25) is 0 Å². The molecule has 17 heavy (non-hydrogen) atoms. The molecule has 0 atom stereocenters. The van der Waals surface area contributed by atoms with Crippen LogP contribution < -0.4 is 5.46 Å². The molecule has 2 nitrogen and oxygen atoms in total. The van der Waals surface area contributed by atoms with Crippen LogP contribution in [0.25, 0.3) is 0 Å². The van der Waals surface area contributed by atoms with Crippen LogP contribution in [0.5, 0.6) is 0 Å². The molecule has 0 spiro atoms. The van der Waals surface area contributed by atoms with Crippen molar-refractivity contribution in [1.29, 1.82) is 0 Å². The monoisotopic (exact) mass is 242 g/mol. The molecule has 0 aliphatic carbocycles. The molecule has 0 aromatic heterocycles. The lowest BCUT2D eigenvalue weighted by atomic mass is 9.76. The van der Waals surface area contributed by atoms with E-state index in [4.69, 9.17) is 17.5 Å². The zero-order valence-electron chi connectivity index (χ0n) is 16.3. The largest absolute Gasteiger partial charge is 0.495 e. The Labute approximate surface area is 111 Å². The van der Waals surface area contributed by atoms with Gasteiger partial charge < -0.3 is 9.31 Å². The Morgan fingerprint density at radius 1 is 1.24 bits per heavy atom. The van der Waals surface area contributed by atoms with Gasteiger partial charge in [-0.15, -0.1) is 0 Å². The van der Waals surface area contributed by atoms with E-state index in [2.05, 4.69) is 0 Å². The summed E-state index contributed by atoms with van der Waals surface area (Å²) in [6.07, 6.45) is 0. The molecule has 92 valence electrons. The first-order valence-electron chi connectivity index (χ1n) is 8.36. The minimum Gasteiger partial charge on any atom is -0.399 e. The molecule has 0 unspecified atom stereocenters. The Kier molecular flexibility index (Phi) is 1.55. The summed E-state index contributed by atoms with van der Waals surface area (Å²) >= 11 is 0. The number of rotatable bonds is 1. The maximum Gasteiger partial charge on any atom is 0.495 e. The van der Waals surface area contributed by atoms with Gasteiger partial charge in [0.15, 0.2) is 0 Å². The van der Waals surface area contributed by atoms with Crippen molar-refractivity contribution < 1.29 is 21.9 Å². The van der Waals surface area contributed by atoms with E-state index in [0.717, 1.165) is 0 Å². The molecule has 1 heterocycles. The van der Waals surface area contributed by atoms with Crippen molar-refractivity contribution in [2.75, 3.05) is 0 Å². The summed E-state index contributed by atoms with van der Waals surface area (Å²) in [6, 6.07) is -2.40. The molecular formula is C13H18BFO2. The highest BCUT2D eigenvalue weighted by Gasteiger charge is 2.51. The highest BCUT2D eigenvalue weighted by atomic mass is 19.1. The Morgan fingerprint density at radius 2 is 1.82 bits per heavy atom. The summed E-state index contributed by atoms with van der Waals surface area (Å²) < 4.78 is 71.4. The summed E-state index contributed by atoms with van der Waals surface area (Å²) in [5.41, 5.74) is -2.52. The summed E-state index contributed by atoms with van der Waals surface area (Å²) in [4.78, 5) is 0. The van der Waals surface area contributed by atoms with Crippen LogP contribution in [0, 0.1) is 12.7 Å². The van der Waals surface area contributed by atoms with Crippen LogP contribution >= 0.6 is 0 Å². The topological polar surface area (TPSA) is 18.5 Å². The standard InChI is InChI=1S/C13H18BFO2/c1-9-8-10(15)6-7-11(9)14-16-12(2,3)13(4,5)17-14/h6-8H,1-5H3/i1D3,6D,7D,8D. The van der Waals surface area contributed by atoms with Crippen LogP contribution in [-0.2, 0) is 9.31 Å². The van der Waals surface area contributed by atoms with Crippen LogP contribution in [0.3, 0.4) is 0 Å². The maximum atomic E-state index is 13.9. The van der Waals surface area contributed by atoms with Crippen molar-refractivity contribution in [3.8, 4) is 0 Å². The SMILES string of the molecule is [2H]c1c([2H])c(B2OC(C)(C)C(C)(C)O2)c(C([2H])([2H])[2H])c([2H])c1F. The van der Waals surface area contributed by atoms with Gasteiger partial charge in [0, 0.05) is 4.11 Å². The predicted molar refractivity (Wildman–Crippen MR) is 66.9 cm³/mol. The van der Waals surface area contributed by atoms with Gasteiger partial charge in [-0.2, -0.15) is 0 Å². The molecule has 1 aliphatic heterocycles. The molecular weight excluding hydrogens is 218 g/mol. The zero-order chi connectivity index (χ0) is 18.0. The minimum absolute atomic E-state index is 0.278. The molecule has 1 fully saturated rings. The molecule has 0 amide bonds. The first-order chi connectivity index (χ1) is 10.2. The second-order valence-corrected chi connectivity index (χ2v) is 5.07. The summed E-state index contributed by atoms with van der Waals surface area (Å²) in [6.45, 7) is 4.16. The number of hydrogen-bond acceptors (Lipinski definition) is 2. The average molecular weight is 242 g/mol. The molecule has 1 aliphatic rings. The fourth-order valence-electron chi connectivity index (χ4n) is 1.53. The van der Waals surface area contributed by atoms with Gasteiger partial charge in [0.25, 0.3) is 0 Å². The molecule has 2 rings (SSSR count). The van der Waals surface area contributed by atoms with Crippen LogP contribution in [0.2, 0.25) is 0 Å². The van der Waals surface area contributed by atoms with Crippen molar-refractivity contribution in [2.45, 2.75) is 45.7 Å². The molecule has 1 aromatic carbocycles. The Morgan fingerprint density at radius 3 is 2.35 bits per heavy atom. The van der Waals surface area contributed by atoms with E-state index in [9.17, 15) is 4.39 Å². The van der Waals surface area contributed by atoms with Crippen molar-refractivity contribution in [3.63, 3.8) is 0 Å². The van der Waals surface area contributed by atoms with E-state index in [1.165, 1.54) is 0 Å². The summed E-state index contributed by atoms with van der Waals surface area (Å²) in [5.74, 6) is -1.33. The van der Waals surface area contributed by atoms with Gasteiger partial charge in [-0.1, -0.05) is 6.04 Å². The van der Waals surface area contributed by atoms with E-state index >= 15 is 0 Å². The van der Waals surface area contributed by atoms with Crippen LogP contribution in [0.4, 0.5) is 4.39 Å². The van der Waals surface area contributed by atoms with Crippen LogP contribution in [0.1, 0.15) is 41.5 Å². The molecule has 0 N–H and O–H groups in total. The van der Waals surface area contributed by atoms with Gasteiger partial charge in [0.05, 0.1) is 15.3 Å². The second kappa shape index (κ2) is 3.82. The lowest BCUT2D eigenvalue weighted by molar-refractivity contribution is 0.00578. The first-order valence-corrected chi connectivity index (χ1v) is 5.36. The number of hydrogen-bond donors (Lipinski definition) is 0. The maximum absolute atomic E-state index is 13.9. The predicted octanol–water partition coefficient (Wildman–Crippen LogP) is 2.43. The molecule has 1 saturated heterocycles. The molecule has 1 aromatic rings. The molecule has 4 heteroatoms. The van der Waals surface area contributed by atoms with E-state index < -0.39 is 54.7 Å². The molecule has 0 saturated carbocycles. The average Bonchev–Trinajstić information content (AvgIpc) is 2.58. The lowest BCUT2D eigenvalue weighted by Crippen LogP contribution is -2.41. The van der Waals surface area contributed by atoms with Crippen molar-refractivity contribution >= 4 is 12.6 Å². The van der Waals surface area contributed by atoms with Crippen molar-refractivity contribution in [2.24, 2.45) is 0 Å². The van der Waals surface area contributed by atoms with E-state index in [1.54, 1.807) is 27.7 Å². The lowest BCUT2D eigenvalue weighted by Gasteiger charge is -2.32. The third-order valence-corrected chi connectivity index (χ3v) is 3.30. The molecule has 0 bridgehead atoms. The smallest absolute Gasteiger partial charge is 0.399 e. The van der Waals surface area contributed by atoms with Gasteiger partial charge in [-0.3, -0.25) is 0 Å². The van der Waals surface area contributed by atoms with E-state index in [0.29, 0.717) is 0 Å². The Hall–Kier alpha value is -0.865. The van der Waals surface area contributed by atoms with Crippen molar-refractivity contribution in [1.82, 2.24) is 0 Å². The second-order valence-electron chi connectivity index (χ2n) is 5.07. The normalized spacial score (nSPS) is 27.7. The van der Waals surface area contributed by atoms with E-state index in [1.807, 2.05) is 0 Å². The van der Waals surface area contributed by atoms with Crippen LogP contribution in [0.15, 0.2) is 18.1 Å². The Balaban J connectivity index is 2.73. The zero-order valence-corrected chi connectivity index (χ0v) is 10.3. The van der Waals surface area contributed by atoms with Gasteiger partial charge in [-0.25, -0.2) is 4.39 Å². The minimum atomic E-state index is -2.83. The van der Waals surface area contributed by atoms with Crippen LogP contribution in [-0.4, -0.2) is 18.3 Å². The third kappa shape index (κ3) is 2.12. The first kappa shape index (κ1) is 6.91. The Bertz CT molecular complexity index is 643. The summed E-state index contributed by atoms with van der Waals surface area (Å²) in [7, 11) is -1.25. The number of halogens is 1. The third-order valence-electron chi connectivity index (χ3n) is 3.30. The fourth-order valence-corrected chi connectivity index (χ4v) is 1.53. The summed E-state index contributed by atoms with van der Waals surface area (Å²) in [5, 5.41) is 0. The molecule has 0 radical (unpaired) electrons. The number of benzene rings is 1. The van der Waals surface area contributed by atoms with E-state index in [-0.39, 0.29) is 5.46 Å². The quantitative estimate of drug-likeness (QED) is 0.704.